The fourth-order valence-corrected chi connectivity index (χ4v) is 2.69. The van der Waals surface area contributed by atoms with Gasteiger partial charge in [0.2, 0.25) is 0 Å². The van der Waals surface area contributed by atoms with E-state index in [0.29, 0.717) is 6.10 Å². The van der Waals surface area contributed by atoms with Gasteiger partial charge in [0, 0.05) is 13.8 Å². The van der Waals surface area contributed by atoms with Crippen LogP contribution in [0.1, 0.15) is 32.1 Å². The molecule has 1 rings (SSSR count). The van der Waals surface area contributed by atoms with Gasteiger partial charge in [0.05, 0.1) is 6.10 Å². The van der Waals surface area contributed by atoms with E-state index in [4.69, 9.17) is 20.9 Å². The summed E-state index contributed by atoms with van der Waals surface area (Å²) in [5, 5.41) is 0. The topological polar surface area (TPSA) is 18.5 Å². The van der Waals surface area contributed by atoms with Gasteiger partial charge in [-0.25, -0.2) is 0 Å². The molecule has 0 saturated heterocycles. The Morgan fingerprint density at radius 1 is 1.25 bits per heavy atom. The van der Waals surface area contributed by atoms with Gasteiger partial charge >= 0.3 is 0 Å². The zero-order chi connectivity index (χ0) is 9.03. The van der Waals surface area contributed by atoms with Crippen LogP contribution < -0.4 is 0 Å². The number of hydrogen-bond acceptors (Lipinski definition) is 3. The van der Waals surface area contributed by atoms with Crippen LogP contribution in [0.3, 0.4) is 0 Å². The van der Waals surface area contributed by atoms with Crippen LogP contribution in [0, 0.1) is 0 Å². The second-order valence-corrected chi connectivity index (χ2v) is 7.43. The fraction of sp³-hybridized carbons (Fsp3) is 1.00. The van der Waals surface area contributed by atoms with Gasteiger partial charge in [-0.05, 0) is 24.6 Å². The van der Waals surface area contributed by atoms with Crippen molar-refractivity contribution < 1.29 is 9.05 Å². The molecule has 0 amide bonds. The maximum atomic E-state index is 5.73. The van der Waals surface area contributed by atoms with E-state index in [1.165, 1.54) is 19.3 Å². The summed E-state index contributed by atoms with van der Waals surface area (Å²) >= 11 is 5.19. The zero-order valence-corrected chi connectivity index (χ0v) is 9.50. The van der Waals surface area contributed by atoms with Crippen molar-refractivity contribution in [3.63, 3.8) is 0 Å². The molecule has 72 valence electrons. The van der Waals surface area contributed by atoms with E-state index in [-0.39, 0.29) is 0 Å². The second-order valence-electron chi connectivity index (χ2n) is 3.32. The molecule has 1 atom stereocenters. The lowest BCUT2D eigenvalue weighted by atomic mass is 9.98. The summed E-state index contributed by atoms with van der Waals surface area (Å²) < 4.78 is 10.9. The van der Waals surface area contributed by atoms with Gasteiger partial charge in [-0.2, -0.15) is 0 Å². The SMILES string of the molecule is COP(C)(=S)OC1CCCCC1. The molecule has 0 heterocycles. The molecule has 0 aromatic heterocycles. The third-order valence-electron chi connectivity index (χ3n) is 2.22. The lowest BCUT2D eigenvalue weighted by Gasteiger charge is -2.26. The molecule has 0 spiro atoms. The van der Waals surface area contributed by atoms with Gasteiger partial charge < -0.3 is 9.05 Å². The molecule has 1 aliphatic rings. The van der Waals surface area contributed by atoms with E-state index in [0.717, 1.165) is 12.8 Å². The highest BCUT2D eigenvalue weighted by molar-refractivity contribution is 8.09. The lowest BCUT2D eigenvalue weighted by molar-refractivity contribution is 0.150. The lowest BCUT2D eigenvalue weighted by Crippen LogP contribution is -2.15. The Morgan fingerprint density at radius 2 is 1.83 bits per heavy atom. The van der Waals surface area contributed by atoms with Crippen molar-refractivity contribution in [2.45, 2.75) is 38.2 Å². The highest BCUT2D eigenvalue weighted by Crippen LogP contribution is 2.46. The van der Waals surface area contributed by atoms with E-state index < -0.39 is 6.49 Å². The smallest absolute Gasteiger partial charge is 0.185 e. The molecule has 0 bridgehead atoms. The van der Waals surface area contributed by atoms with Gasteiger partial charge in [-0.15, -0.1) is 0 Å². The standard InChI is InChI=1S/C8H17O2PS/c1-9-11(2,12)10-8-6-4-3-5-7-8/h8H,3-7H2,1-2H3. The maximum absolute atomic E-state index is 5.73. The normalized spacial score (nSPS) is 25.2. The monoisotopic (exact) mass is 208 g/mol. The maximum Gasteiger partial charge on any atom is 0.185 e. The highest BCUT2D eigenvalue weighted by Gasteiger charge is 2.19. The van der Waals surface area contributed by atoms with Crippen LogP contribution in [-0.4, -0.2) is 19.9 Å². The zero-order valence-electron chi connectivity index (χ0n) is 7.78. The summed E-state index contributed by atoms with van der Waals surface area (Å²) in [5.74, 6) is 0. The Bertz CT molecular complexity index is 178. The molecule has 0 aromatic rings. The largest absolute Gasteiger partial charge is 0.333 e. The van der Waals surface area contributed by atoms with Crippen LogP contribution in [0.4, 0.5) is 0 Å². The van der Waals surface area contributed by atoms with Crippen LogP contribution in [0.15, 0.2) is 0 Å². The van der Waals surface area contributed by atoms with Crippen LogP contribution in [0.25, 0.3) is 0 Å². The van der Waals surface area contributed by atoms with Gasteiger partial charge in [0.25, 0.3) is 0 Å². The van der Waals surface area contributed by atoms with Crippen molar-refractivity contribution in [1.82, 2.24) is 0 Å². The summed E-state index contributed by atoms with van der Waals surface area (Å²) in [4.78, 5) is 0. The fourth-order valence-electron chi connectivity index (χ4n) is 1.48. The average molecular weight is 208 g/mol. The summed E-state index contributed by atoms with van der Waals surface area (Å²) in [6.07, 6.45) is 6.60. The first-order chi connectivity index (χ1) is 5.64. The van der Waals surface area contributed by atoms with E-state index in [9.17, 15) is 0 Å². The predicted octanol–water partition coefficient (Wildman–Crippen LogP) is 2.92. The third kappa shape index (κ3) is 3.53. The third-order valence-corrected chi connectivity index (χ3v) is 4.27. The van der Waals surface area contributed by atoms with Crippen LogP contribution in [0.2, 0.25) is 0 Å². The van der Waals surface area contributed by atoms with Gasteiger partial charge in [0.1, 0.15) is 0 Å². The summed E-state index contributed by atoms with van der Waals surface area (Å²) in [7, 11) is 1.64. The molecule has 4 heteroatoms. The van der Waals surface area contributed by atoms with Gasteiger partial charge in [-0.3, -0.25) is 0 Å². The molecule has 2 nitrogen and oxygen atoms in total. The van der Waals surface area contributed by atoms with Crippen LogP contribution >= 0.6 is 6.49 Å². The van der Waals surface area contributed by atoms with E-state index in [1.54, 1.807) is 7.11 Å². The first-order valence-corrected chi connectivity index (χ1v) is 7.54. The van der Waals surface area contributed by atoms with Gasteiger partial charge in [0.15, 0.2) is 6.49 Å². The van der Waals surface area contributed by atoms with E-state index in [1.807, 2.05) is 6.66 Å². The first kappa shape index (κ1) is 10.6. The molecular weight excluding hydrogens is 191 g/mol. The Balaban J connectivity index is 2.34. The Morgan fingerprint density at radius 3 is 2.33 bits per heavy atom. The molecule has 1 fully saturated rings. The van der Waals surface area contributed by atoms with Crippen molar-refractivity contribution in [3.05, 3.63) is 0 Å². The minimum absolute atomic E-state index is 0.370. The van der Waals surface area contributed by atoms with Crippen molar-refractivity contribution in [2.24, 2.45) is 0 Å². The molecule has 0 radical (unpaired) electrons. The minimum atomic E-state index is -1.91. The summed E-state index contributed by atoms with van der Waals surface area (Å²) in [5.41, 5.74) is 0. The van der Waals surface area contributed by atoms with E-state index in [2.05, 4.69) is 0 Å². The Labute approximate surface area is 79.8 Å². The summed E-state index contributed by atoms with van der Waals surface area (Å²) in [6, 6.07) is 0. The first-order valence-electron chi connectivity index (χ1n) is 4.46. The average Bonchev–Trinajstić information content (AvgIpc) is 2.06. The molecule has 1 unspecified atom stereocenters. The van der Waals surface area contributed by atoms with E-state index >= 15 is 0 Å². The molecule has 0 aromatic carbocycles. The molecule has 0 N–H and O–H groups in total. The minimum Gasteiger partial charge on any atom is -0.333 e. The van der Waals surface area contributed by atoms with Gasteiger partial charge in [-0.1, -0.05) is 19.3 Å². The molecular formula is C8H17O2PS. The van der Waals surface area contributed by atoms with Crippen molar-refractivity contribution in [2.75, 3.05) is 13.8 Å². The molecule has 12 heavy (non-hydrogen) atoms. The molecule has 0 aliphatic heterocycles. The number of hydrogen-bond donors (Lipinski definition) is 0. The van der Waals surface area contributed by atoms with Crippen LogP contribution in [0.5, 0.6) is 0 Å². The van der Waals surface area contributed by atoms with Crippen molar-refractivity contribution in [1.29, 1.82) is 0 Å². The van der Waals surface area contributed by atoms with Crippen molar-refractivity contribution in [3.8, 4) is 0 Å². The molecule has 1 aliphatic carbocycles. The molecule has 1 saturated carbocycles. The predicted molar refractivity (Wildman–Crippen MR) is 55.2 cm³/mol. The summed E-state index contributed by atoms with van der Waals surface area (Å²) in [6.45, 7) is -0.00882. The Hall–Kier alpha value is 0.570. The quantitative estimate of drug-likeness (QED) is 0.664. The second kappa shape index (κ2) is 4.71. The Kier molecular flexibility index (Phi) is 4.18. The van der Waals surface area contributed by atoms with Crippen molar-refractivity contribution >= 4 is 18.3 Å². The highest BCUT2D eigenvalue weighted by atomic mass is 32.5. The van der Waals surface area contributed by atoms with Crippen LogP contribution in [-0.2, 0) is 20.9 Å². The number of rotatable bonds is 3.